The summed E-state index contributed by atoms with van der Waals surface area (Å²) in [5, 5.41) is 0. The average Bonchev–Trinajstić information content (AvgIpc) is 1.93. The first kappa shape index (κ1) is 7.26. The van der Waals surface area contributed by atoms with Crippen LogP contribution in [0.5, 0.6) is 0 Å². The van der Waals surface area contributed by atoms with Crippen molar-refractivity contribution in [2.75, 3.05) is 5.73 Å². The molecule has 0 aliphatic rings. The van der Waals surface area contributed by atoms with Crippen molar-refractivity contribution >= 4 is 17.5 Å². The molecule has 0 radical (unpaired) electrons. The SMILES string of the molecule is NC(N)=Nc1ncncc1N. The largest absolute Gasteiger partial charge is 0.394 e. The highest BCUT2D eigenvalue weighted by Crippen LogP contribution is 2.14. The maximum Gasteiger partial charge on any atom is 0.192 e. The Morgan fingerprint density at radius 1 is 1.45 bits per heavy atom. The van der Waals surface area contributed by atoms with Gasteiger partial charge in [-0.3, -0.25) is 0 Å². The molecular formula is C5H8N6. The molecule has 1 rings (SSSR count). The minimum absolute atomic E-state index is 0.0737. The summed E-state index contributed by atoms with van der Waals surface area (Å²) in [7, 11) is 0. The van der Waals surface area contributed by atoms with Gasteiger partial charge in [0.05, 0.1) is 11.9 Å². The summed E-state index contributed by atoms with van der Waals surface area (Å²) in [4.78, 5) is 11.1. The van der Waals surface area contributed by atoms with Gasteiger partial charge in [0, 0.05) is 0 Å². The quantitative estimate of drug-likeness (QED) is 0.351. The van der Waals surface area contributed by atoms with Crippen LogP contribution in [0.25, 0.3) is 0 Å². The van der Waals surface area contributed by atoms with Crippen LogP contribution in [0.15, 0.2) is 17.5 Å². The van der Waals surface area contributed by atoms with Gasteiger partial charge in [-0.25, -0.2) is 9.97 Å². The topological polar surface area (TPSA) is 116 Å². The molecule has 6 N–H and O–H groups in total. The second kappa shape index (κ2) is 2.82. The number of nitrogens with zero attached hydrogens (tertiary/aromatic N) is 3. The smallest absolute Gasteiger partial charge is 0.192 e. The Labute approximate surface area is 63.2 Å². The number of nitrogen functional groups attached to an aromatic ring is 1. The maximum atomic E-state index is 5.43. The predicted molar refractivity (Wildman–Crippen MR) is 41.9 cm³/mol. The van der Waals surface area contributed by atoms with Gasteiger partial charge in [-0.05, 0) is 0 Å². The normalized spacial score (nSPS) is 9.09. The van der Waals surface area contributed by atoms with E-state index >= 15 is 0 Å². The zero-order chi connectivity index (χ0) is 8.27. The van der Waals surface area contributed by atoms with Crippen LogP contribution in [-0.2, 0) is 0 Å². The number of guanidine groups is 1. The van der Waals surface area contributed by atoms with Gasteiger partial charge in [0.1, 0.15) is 6.33 Å². The van der Waals surface area contributed by atoms with Gasteiger partial charge in [-0.15, -0.1) is 0 Å². The Balaban J connectivity index is 3.04. The molecule has 0 saturated carbocycles. The molecule has 58 valence electrons. The van der Waals surface area contributed by atoms with Gasteiger partial charge < -0.3 is 17.2 Å². The molecule has 1 heterocycles. The van der Waals surface area contributed by atoms with Crippen LogP contribution >= 0.6 is 0 Å². The lowest BCUT2D eigenvalue weighted by Gasteiger charge is -1.95. The molecule has 1 aromatic heterocycles. The molecule has 0 aliphatic carbocycles. The van der Waals surface area contributed by atoms with Crippen molar-refractivity contribution in [3.8, 4) is 0 Å². The number of aromatic nitrogens is 2. The third-order valence-electron chi connectivity index (χ3n) is 0.954. The standard InChI is InChI=1S/C5H8N6/c6-3-1-9-2-10-4(3)11-5(7)8/h1-2H,6H2,(H4,7,8,9,10,11). The molecule has 0 amide bonds. The van der Waals surface area contributed by atoms with Crippen molar-refractivity contribution in [2.45, 2.75) is 0 Å². The second-order valence-electron chi connectivity index (χ2n) is 1.84. The minimum Gasteiger partial charge on any atom is -0.394 e. The molecule has 6 heteroatoms. The van der Waals surface area contributed by atoms with Crippen molar-refractivity contribution in [3.05, 3.63) is 12.5 Å². The van der Waals surface area contributed by atoms with E-state index in [-0.39, 0.29) is 5.96 Å². The van der Waals surface area contributed by atoms with Crippen molar-refractivity contribution < 1.29 is 0 Å². The Bertz CT molecular complexity index is 276. The Morgan fingerprint density at radius 2 is 2.18 bits per heavy atom. The molecule has 0 spiro atoms. The molecule has 0 aromatic carbocycles. The molecule has 1 aromatic rings. The fourth-order valence-electron chi connectivity index (χ4n) is 0.550. The zero-order valence-corrected chi connectivity index (χ0v) is 5.73. The minimum atomic E-state index is -0.0737. The highest BCUT2D eigenvalue weighted by molar-refractivity contribution is 5.80. The Hall–Kier alpha value is -1.85. The monoisotopic (exact) mass is 152 g/mol. The van der Waals surface area contributed by atoms with Crippen LogP contribution in [0.1, 0.15) is 0 Å². The fourth-order valence-corrected chi connectivity index (χ4v) is 0.550. The summed E-state index contributed by atoms with van der Waals surface area (Å²) in [5.41, 5.74) is 16.0. The summed E-state index contributed by atoms with van der Waals surface area (Å²) >= 11 is 0. The lowest BCUT2D eigenvalue weighted by atomic mass is 10.5. The molecular weight excluding hydrogens is 144 g/mol. The Morgan fingerprint density at radius 3 is 2.73 bits per heavy atom. The van der Waals surface area contributed by atoms with Gasteiger partial charge in [0.25, 0.3) is 0 Å². The van der Waals surface area contributed by atoms with E-state index in [1.807, 2.05) is 0 Å². The third-order valence-corrected chi connectivity index (χ3v) is 0.954. The average molecular weight is 152 g/mol. The molecule has 11 heavy (non-hydrogen) atoms. The maximum absolute atomic E-state index is 5.43. The van der Waals surface area contributed by atoms with Gasteiger partial charge >= 0.3 is 0 Å². The molecule has 0 fully saturated rings. The Kier molecular flexibility index (Phi) is 1.86. The third kappa shape index (κ3) is 1.78. The van der Waals surface area contributed by atoms with E-state index < -0.39 is 0 Å². The number of hydrogen-bond donors (Lipinski definition) is 3. The lowest BCUT2D eigenvalue weighted by molar-refractivity contribution is 1.15. The van der Waals surface area contributed by atoms with E-state index in [9.17, 15) is 0 Å². The summed E-state index contributed by atoms with van der Waals surface area (Å²) in [6.45, 7) is 0. The summed E-state index contributed by atoms with van der Waals surface area (Å²) in [5.74, 6) is 0.218. The van der Waals surface area contributed by atoms with Crippen LogP contribution in [0, 0.1) is 0 Å². The molecule has 0 saturated heterocycles. The van der Waals surface area contributed by atoms with Gasteiger partial charge in [-0.2, -0.15) is 4.99 Å². The van der Waals surface area contributed by atoms with Crippen LogP contribution in [0.2, 0.25) is 0 Å². The van der Waals surface area contributed by atoms with Crippen LogP contribution in [-0.4, -0.2) is 15.9 Å². The van der Waals surface area contributed by atoms with Gasteiger partial charge in [0.15, 0.2) is 11.8 Å². The van der Waals surface area contributed by atoms with Crippen molar-refractivity contribution in [1.82, 2.24) is 9.97 Å². The molecule has 0 unspecified atom stereocenters. The van der Waals surface area contributed by atoms with E-state index in [1.54, 1.807) is 0 Å². The van der Waals surface area contributed by atoms with E-state index in [2.05, 4.69) is 15.0 Å². The van der Waals surface area contributed by atoms with E-state index in [4.69, 9.17) is 17.2 Å². The van der Waals surface area contributed by atoms with Crippen LogP contribution in [0.3, 0.4) is 0 Å². The first-order valence-electron chi connectivity index (χ1n) is 2.85. The molecule has 0 atom stereocenters. The molecule has 0 aliphatic heterocycles. The number of aliphatic imine (C=N–C) groups is 1. The fraction of sp³-hybridized carbons (Fsp3) is 0. The molecule has 0 bridgehead atoms. The van der Waals surface area contributed by atoms with E-state index in [1.165, 1.54) is 12.5 Å². The van der Waals surface area contributed by atoms with E-state index in [0.29, 0.717) is 11.5 Å². The number of nitrogens with two attached hydrogens (primary N) is 3. The zero-order valence-electron chi connectivity index (χ0n) is 5.73. The van der Waals surface area contributed by atoms with E-state index in [0.717, 1.165) is 0 Å². The summed E-state index contributed by atoms with van der Waals surface area (Å²) < 4.78 is 0. The lowest BCUT2D eigenvalue weighted by Crippen LogP contribution is -2.22. The van der Waals surface area contributed by atoms with Gasteiger partial charge in [0.2, 0.25) is 0 Å². The first-order valence-corrected chi connectivity index (χ1v) is 2.85. The van der Waals surface area contributed by atoms with Crippen LogP contribution in [0.4, 0.5) is 11.5 Å². The predicted octanol–water partition coefficient (Wildman–Crippen LogP) is -1.04. The first-order chi connectivity index (χ1) is 5.20. The van der Waals surface area contributed by atoms with Crippen molar-refractivity contribution in [2.24, 2.45) is 16.5 Å². The summed E-state index contributed by atoms with van der Waals surface area (Å²) in [6.07, 6.45) is 2.74. The van der Waals surface area contributed by atoms with Crippen molar-refractivity contribution in [1.29, 1.82) is 0 Å². The number of hydrogen-bond acceptors (Lipinski definition) is 4. The van der Waals surface area contributed by atoms with Crippen LogP contribution < -0.4 is 17.2 Å². The van der Waals surface area contributed by atoms with Gasteiger partial charge in [-0.1, -0.05) is 0 Å². The number of rotatable bonds is 1. The highest BCUT2D eigenvalue weighted by atomic mass is 15.1. The highest BCUT2D eigenvalue weighted by Gasteiger charge is 1.95. The van der Waals surface area contributed by atoms with Crippen molar-refractivity contribution in [3.63, 3.8) is 0 Å². The molecule has 6 nitrogen and oxygen atoms in total. The summed E-state index contributed by atoms with van der Waals surface area (Å²) in [6, 6.07) is 0. The second-order valence-corrected chi connectivity index (χ2v) is 1.84. The number of anilines is 1.